The third-order valence-electron chi connectivity index (χ3n) is 2.61. The first kappa shape index (κ1) is 8.96. The standard InChI is InChI=1S/C11H8N4O/c16-11-10(9-5-6-12-15-14-9)7-3-1-2-4-8(7)13-11/h1-6,10H,(H,13,16). The summed E-state index contributed by atoms with van der Waals surface area (Å²) in [7, 11) is 0. The van der Waals surface area contributed by atoms with E-state index in [0.717, 1.165) is 11.3 Å². The topological polar surface area (TPSA) is 67.8 Å². The number of carbonyl (C=O) groups excluding carboxylic acids is 1. The number of nitrogens with zero attached hydrogens (tertiary/aromatic N) is 3. The second-order valence-corrected chi connectivity index (χ2v) is 3.56. The summed E-state index contributed by atoms with van der Waals surface area (Å²) in [5.41, 5.74) is 2.40. The van der Waals surface area contributed by atoms with E-state index in [9.17, 15) is 4.79 Å². The van der Waals surface area contributed by atoms with Crippen LogP contribution in [0.5, 0.6) is 0 Å². The quantitative estimate of drug-likeness (QED) is 0.764. The molecule has 1 aromatic heterocycles. The smallest absolute Gasteiger partial charge is 0.238 e. The third kappa shape index (κ3) is 1.25. The summed E-state index contributed by atoms with van der Waals surface area (Å²) in [4.78, 5) is 11.8. The number of carbonyl (C=O) groups is 1. The fraction of sp³-hybridized carbons (Fsp3) is 0.0909. The average Bonchev–Trinajstić information content (AvgIpc) is 2.66. The predicted octanol–water partition coefficient (Wildman–Crippen LogP) is 0.956. The zero-order chi connectivity index (χ0) is 11.0. The molecule has 5 nitrogen and oxygen atoms in total. The highest BCUT2D eigenvalue weighted by molar-refractivity contribution is 6.04. The third-order valence-corrected chi connectivity index (χ3v) is 2.61. The summed E-state index contributed by atoms with van der Waals surface area (Å²) in [5.74, 6) is -0.437. The summed E-state index contributed by atoms with van der Waals surface area (Å²) < 4.78 is 0. The van der Waals surface area contributed by atoms with Crippen LogP contribution in [0.1, 0.15) is 17.2 Å². The van der Waals surface area contributed by atoms with Gasteiger partial charge in [0.15, 0.2) is 0 Å². The van der Waals surface area contributed by atoms with Crippen LogP contribution >= 0.6 is 0 Å². The van der Waals surface area contributed by atoms with Crippen LogP contribution in [0.4, 0.5) is 5.69 Å². The zero-order valence-corrected chi connectivity index (χ0v) is 8.29. The number of fused-ring (bicyclic) bond motifs is 1. The van der Waals surface area contributed by atoms with E-state index < -0.39 is 0 Å². The van der Waals surface area contributed by atoms with Crippen LogP contribution in [0, 0.1) is 0 Å². The van der Waals surface area contributed by atoms with E-state index in [1.807, 2.05) is 24.3 Å². The number of hydrogen-bond donors (Lipinski definition) is 1. The van der Waals surface area contributed by atoms with Gasteiger partial charge in [-0.2, -0.15) is 0 Å². The fourth-order valence-corrected chi connectivity index (χ4v) is 1.91. The first-order chi connectivity index (χ1) is 7.86. The van der Waals surface area contributed by atoms with Crippen molar-refractivity contribution in [2.75, 3.05) is 5.32 Å². The number of hydrogen-bond acceptors (Lipinski definition) is 4. The predicted molar refractivity (Wildman–Crippen MR) is 56.7 cm³/mol. The Morgan fingerprint density at radius 3 is 2.88 bits per heavy atom. The maximum Gasteiger partial charge on any atom is 0.238 e. The number of rotatable bonds is 1. The summed E-state index contributed by atoms with van der Waals surface area (Å²) in [6.45, 7) is 0. The molecule has 0 bridgehead atoms. The highest BCUT2D eigenvalue weighted by Gasteiger charge is 2.32. The van der Waals surface area contributed by atoms with Crippen molar-refractivity contribution in [3.05, 3.63) is 47.8 Å². The molecule has 0 saturated carbocycles. The lowest BCUT2D eigenvalue weighted by Gasteiger charge is -2.05. The molecule has 1 aromatic carbocycles. The van der Waals surface area contributed by atoms with E-state index in [1.165, 1.54) is 6.20 Å². The Bertz CT molecular complexity index is 541. The maximum absolute atomic E-state index is 11.8. The van der Waals surface area contributed by atoms with Crippen LogP contribution in [-0.4, -0.2) is 21.3 Å². The molecular weight excluding hydrogens is 204 g/mol. The first-order valence-corrected chi connectivity index (χ1v) is 4.90. The number of amides is 1. The van der Waals surface area contributed by atoms with Crippen LogP contribution in [0.25, 0.3) is 0 Å². The normalized spacial score (nSPS) is 18.0. The van der Waals surface area contributed by atoms with E-state index in [-0.39, 0.29) is 11.8 Å². The molecule has 0 saturated heterocycles. The number of nitrogens with one attached hydrogen (secondary N) is 1. The van der Waals surface area contributed by atoms with Crippen LogP contribution < -0.4 is 5.32 Å². The number of para-hydroxylation sites is 1. The summed E-state index contributed by atoms with van der Waals surface area (Å²) in [6.07, 6.45) is 1.54. The molecule has 1 unspecified atom stereocenters. The van der Waals surface area contributed by atoms with Gasteiger partial charge in [0.05, 0.1) is 11.9 Å². The van der Waals surface area contributed by atoms with Gasteiger partial charge in [0.2, 0.25) is 5.91 Å². The van der Waals surface area contributed by atoms with Crippen molar-refractivity contribution in [3.8, 4) is 0 Å². The van der Waals surface area contributed by atoms with Crippen molar-refractivity contribution in [1.82, 2.24) is 15.4 Å². The largest absolute Gasteiger partial charge is 0.325 e. The van der Waals surface area contributed by atoms with Crippen LogP contribution in [0.3, 0.4) is 0 Å². The van der Waals surface area contributed by atoms with E-state index in [2.05, 4.69) is 20.7 Å². The molecule has 1 aliphatic heterocycles. The Morgan fingerprint density at radius 2 is 2.06 bits per heavy atom. The van der Waals surface area contributed by atoms with Gasteiger partial charge in [-0.05, 0) is 22.9 Å². The van der Waals surface area contributed by atoms with E-state index >= 15 is 0 Å². The second kappa shape index (κ2) is 3.37. The lowest BCUT2D eigenvalue weighted by molar-refractivity contribution is -0.116. The van der Waals surface area contributed by atoms with Gasteiger partial charge in [0.1, 0.15) is 5.92 Å². The Balaban J connectivity index is 2.13. The molecule has 1 amide bonds. The second-order valence-electron chi connectivity index (χ2n) is 3.56. The van der Waals surface area contributed by atoms with Gasteiger partial charge in [-0.1, -0.05) is 18.2 Å². The molecular formula is C11H8N4O. The van der Waals surface area contributed by atoms with Crippen molar-refractivity contribution in [1.29, 1.82) is 0 Å². The van der Waals surface area contributed by atoms with Crippen molar-refractivity contribution < 1.29 is 4.79 Å². The summed E-state index contributed by atoms with van der Waals surface area (Å²) in [5, 5.41) is 13.9. The SMILES string of the molecule is O=C1Nc2ccccc2C1c1ccnnn1. The van der Waals surface area contributed by atoms with Gasteiger partial charge in [-0.25, -0.2) is 0 Å². The number of benzene rings is 1. The van der Waals surface area contributed by atoms with Crippen LogP contribution in [0.2, 0.25) is 0 Å². The van der Waals surface area contributed by atoms with Gasteiger partial charge < -0.3 is 5.32 Å². The summed E-state index contributed by atoms with van der Waals surface area (Å²) in [6, 6.07) is 9.29. The molecule has 0 aliphatic carbocycles. The molecule has 1 atom stereocenters. The van der Waals surface area contributed by atoms with Gasteiger partial charge >= 0.3 is 0 Å². The lowest BCUT2D eigenvalue weighted by atomic mass is 9.97. The van der Waals surface area contributed by atoms with Gasteiger partial charge in [0.25, 0.3) is 0 Å². The molecule has 16 heavy (non-hydrogen) atoms. The lowest BCUT2D eigenvalue weighted by Crippen LogP contribution is -2.15. The van der Waals surface area contributed by atoms with E-state index in [1.54, 1.807) is 6.07 Å². The van der Waals surface area contributed by atoms with Crippen molar-refractivity contribution in [2.24, 2.45) is 0 Å². The molecule has 0 fully saturated rings. The average molecular weight is 212 g/mol. The number of anilines is 1. The van der Waals surface area contributed by atoms with Crippen molar-refractivity contribution >= 4 is 11.6 Å². The van der Waals surface area contributed by atoms with Gasteiger partial charge in [-0.3, -0.25) is 4.79 Å². The van der Waals surface area contributed by atoms with Gasteiger partial charge in [-0.15, -0.1) is 10.2 Å². The molecule has 1 aliphatic rings. The minimum absolute atomic E-state index is 0.0679. The highest BCUT2D eigenvalue weighted by atomic mass is 16.2. The highest BCUT2D eigenvalue weighted by Crippen LogP contribution is 2.35. The Labute approximate surface area is 91.5 Å². The molecule has 2 heterocycles. The van der Waals surface area contributed by atoms with Crippen LogP contribution in [0.15, 0.2) is 36.5 Å². The Kier molecular flexibility index (Phi) is 1.89. The minimum atomic E-state index is -0.369. The fourth-order valence-electron chi connectivity index (χ4n) is 1.91. The van der Waals surface area contributed by atoms with Crippen molar-refractivity contribution in [3.63, 3.8) is 0 Å². The molecule has 1 N–H and O–H groups in total. The van der Waals surface area contributed by atoms with Crippen molar-refractivity contribution in [2.45, 2.75) is 5.92 Å². The number of aromatic nitrogens is 3. The minimum Gasteiger partial charge on any atom is -0.325 e. The monoisotopic (exact) mass is 212 g/mol. The summed E-state index contributed by atoms with van der Waals surface area (Å²) >= 11 is 0. The molecule has 5 heteroatoms. The van der Waals surface area contributed by atoms with Gasteiger partial charge in [0, 0.05) is 5.69 Å². The molecule has 3 rings (SSSR count). The zero-order valence-electron chi connectivity index (χ0n) is 8.29. The molecule has 78 valence electrons. The maximum atomic E-state index is 11.8. The van der Waals surface area contributed by atoms with E-state index in [0.29, 0.717) is 5.69 Å². The van der Waals surface area contributed by atoms with Crippen LogP contribution in [-0.2, 0) is 4.79 Å². The van der Waals surface area contributed by atoms with E-state index in [4.69, 9.17) is 0 Å². The Hall–Kier alpha value is -2.30. The molecule has 2 aromatic rings. The first-order valence-electron chi connectivity index (χ1n) is 4.90. The molecule has 0 radical (unpaired) electrons. The molecule has 0 spiro atoms. The Morgan fingerprint density at radius 1 is 1.19 bits per heavy atom.